The number of piperidine rings is 1. The highest BCUT2D eigenvalue weighted by atomic mass is 16.6. The van der Waals surface area contributed by atoms with E-state index in [1.54, 1.807) is 45.0 Å². The quantitative estimate of drug-likeness (QED) is 0.858. The highest BCUT2D eigenvalue weighted by molar-refractivity contribution is 5.96. The van der Waals surface area contributed by atoms with Crippen LogP contribution in [0, 0.1) is 0 Å². The van der Waals surface area contributed by atoms with E-state index in [0.717, 1.165) is 19.6 Å². The van der Waals surface area contributed by atoms with Gasteiger partial charge in [0.25, 0.3) is 5.91 Å². The van der Waals surface area contributed by atoms with Crippen molar-refractivity contribution in [2.24, 2.45) is 0 Å². The number of carbonyl (C=O) groups is 2. The molecule has 0 aliphatic carbocycles. The highest BCUT2D eigenvalue weighted by Crippen LogP contribution is 2.14. The van der Waals surface area contributed by atoms with E-state index in [4.69, 9.17) is 4.74 Å². The van der Waals surface area contributed by atoms with E-state index in [9.17, 15) is 9.59 Å². The molecule has 2 rings (SSSR count). The summed E-state index contributed by atoms with van der Waals surface area (Å²) in [7, 11) is 0. The first-order valence-electron chi connectivity index (χ1n) is 8.94. The van der Waals surface area contributed by atoms with Gasteiger partial charge in [-0.25, -0.2) is 4.79 Å². The summed E-state index contributed by atoms with van der Waals surface area (Å²) in [5, 5.41) is 5.59. The topological polar surface area (TPSA) is 70.7 Å². The standard InChI is InChI=1S/C19H29N3O3/c1-19(2,3)25-18(24)21-16-9-7-8-15(14-16)17(23)20-10-13-22-11-5-4-6-12-22/h7-9,14H,4-6,10-13H2,1-3H3,(H,20,23)(H,21,24). The summed E-state index contributed by atoms with van der Waals surface area (Å²) in [6, 6.07) is 6.86. The Kier molecular flexibility index (Phi) is 6.82. The van der Waals surface area contributed by atoms with Crippen molar-refractivity contribution in [3.63, 3.8) is 0 Å². The second kappa shape index (κ2) is 8.85. The van der Waals surface area contributed by atoms with Crippen LogP contribution in [-0.2, 0) is 4.74 Å². The van der Waals surface area contributed by atoms with Crippen LogP contribution in [0.2, 0.25) is 0 Å². The van der Waals surface area contributed by atoms with Crippen LogP contribution in [0.4, 0.5) is 10.5 Å². The van der Waals surface area contributed by atoms with Gasteiger partial charge in [-0.3, -0.25) is 10.1 Å². The number of hydrogen-bond donors (Lipinski definition) is 2. The molecule has 25 heavy (non-hydrogen) atoms. The van der Waals surface area contributed by atoms with Gasteiger partial charge in [0.2, 0.25) is 0 Å². The first-order valence-corrected chi connectivity index (χ1v) is 8.94. The van der Waals surface area contributed by atoms with Gasteiger partial charge in [-0.05, 0) is 64.9 Å². The van der Waals surface area contributed by atoms with Crippen LogP contribution in [0.15, 0.2) is 24.3 Å². The molecule has 0 radical (unpaired) electrons. The van der Waals surface area contributed by atoms with Gasteiger partial charge in [-0.2, -0.15) is 0 Å². The Labute approximate surface area is 149 Å². The Bertz CT molecular complexity index is 590. The van der Waals surface area contributed by atoms with Gasteiger partial charge >= 0.3 is 6.09 Å². The normalized spacial score (nSPS) is 15.5. The first kappa shape index (κ1) is 19.2. The van der Waals surface area contributed by atoms with E-state index >= 15 is 0 Å². The zero-order chi connectivity index (χ0) is 18.3. The molecule has 1 aliphatic rings. The van der Waals surface area contributed by atoms with Gasteiger partial charge in [-0.15, -0.1) is 0 Å². The predicted molar refractivity (Wildman–Crippen MR) is 98.9 cm³/mol. The average molecular weight is 347 g/mol. The Morgan fingerprint density at radius 1 is 1.16 bits per heavy atom. The smallest absolute Gasteiger partial charge is 0.412 e. The molecule has 6 nitrogen and oxygen atoms in total. The molecule has 0 spiro atoms. The predicted octanol–water partition coefficient (Wildman–Crippen LogP) is 3.25. The summed E-state index contributed by atoms with van der Waals surface area (Å²) < 4.78 is 5.22. The molecule has 0 atom stereocenters. The number of carbonyl (C=O) groups excluding carboxylic acids is 2. The fraction of sp³-hybridized carbons (Fsp3) is 0.579. The van der Waals surface area contributed by atoms with Gasteiger partial charge in [0.05, 0.1) is 0 Å². The molecule has 138 valence electrons. The van der Waals surface area contributed by atoms with Gasteiger partial charge < -0.3 is 15.0 Å². The maximum atomic E-state index is 12.3. The number of ether oxygens (including phenoxy) is 1. The van der Waals surface area contributed by atoms with Crippen LogP contribution >= 0.6 is 0 Å². The maximum absolute atomic E-state index is 12.3. The van der Waals surface area contributed by atoms with Gasteiger partial charge in [0.1, 0.15) is 5.60 Å². The number of nitrogens with one attached hydrogen (secondary N) is 2. The number of nitrogens with zero attached hydrogens (tertiary/aromatic N) is 1. The van der Waals surface area contributed by atoms with Crippen molar-refractivity contribution < 1.29 is 14.3 Å². The Hall–Kier alpha value is -2.08. The van der Waals surface area contributed by atoms with E-state index in [0.29, 0.717) is 17.8 Å². The molecule has 1 aromatic rings. The zero-order valence-electron chi connectivity index (χ0n) is 15.4. The molecular formula is C19H29N3O3. The van der Waals surface area contributed by atoms with Crippen molar-refractivity contribution in [2.45, 2.75) is 45.6 Å². The van der Waals surface area contributed by atoms with Crippen molar-refractivity contribution >= 4 is 17.7 Å². The number of benzene rings is 1. The molecule has 2 amide bonds. The van der Waals surface area contributed by atoms with Gasteiger partial charge in [-0.1, -0.05) is 12.5 Å². The van der Waals surface area contributed by atoms with Crippen LogP contribution < -0.4 is 10.6 Å². The maximum Gasteiger partial charge on any atom is 0.412 e. The third-order valence-corrected chi connectivity index (χ3v) is 3.93. The SMILES string of the molecule is CC(C)(C)OC(=O)Nc1cccc(C(=O)NCCN2CCCCC2)c1. The van der Waals surface area contributed by atoms with Crippen molar-refractivity contribution in [3.05, 3.63) is 29.8 Å². The fourth-order valence-electron chi connectivity index (χ4n) is 2.77. The third-order valence-electron chi connectivity index (χ3n) is 3.93. The molecule has 6 heteroatoms. The number of rotatable bonds is 5. The summed E-state index contributed by atoms with van der Waals surface area (Å²) in [6.45, 7) is 9.15. The summed E-state index contributed by atoms with van der Waals surface area (Å²) in [5.41, 5.74) is 0.498. The summed E-state index contributed by atoms with van der Waals surface area (Å²) >= 11 is 0. The van der Waals surface area contributed by atoms with Crippen LogP contribution in [0.25, 0.3) is 0 Å². The van der Waals surface area contributed by atoms with Crippen LogP contribution in [0.3, 0.4) is 0 Å². The molecular weight excluding hydrogens is 318 g/mol. The Balaban J connectivity index is 1.82. The molecule has 0 aromatic heterocycles. The average Bonchev–Trinajstić information content (AvgIpc) is 2.54. The number of amides is 2. The molecule has 1 fully saturated rings. The fourth-order valence-corrected chi connectivity index (χ4v) is 2.77. The number of likely N-dealkylation sites (tertiary alicyclic amines) is 1. The molecule has 2 N–H and O–H groups in total. The molecule has 1 heterocycles. The van der Waals surface area contributed by atoms with Crippen molar-refractivity contribution in [1.82, 2.24) is 10.2 Å². The number of hydrogen-bond acceptors (Lipinski definition) is 4. The lowest BCUT2D eigenvalue weighted by atomic mass is 10.1. The molecule has 1 aliphatic heterocycles. The van der Waals surface area contributed by atoms with Crippen molar-refractivity contribution in [3.8, 4) is 0 Å². The minimum atomic E-state index is -0.562. The van der Waals surface area contributed by atoms with Gasteiger partial charge in [0.15, 0.2) is 0 Å². The van der Waals surface area contributed by atoms with Crippen molar-refractivity contribution in [1.29, 1.82) is 0 Å². The summed E-state index contributed by atoms with van der Waals surface area (Å²) in [6.07, 6.45) is 3.26. The molecule has 0 bridgehead atoms. The van der Waals surface area contributed by atoms with Crippen LogP contribution in [0.1, 0.15) is 50.4 Å². The lowest BCUT2D eigenvalue weighted by Gasteiger charge is -2.26. The molecule has 1 saturated heterocycles. The largest absolute Gasteiger partial charge is 0.444 e. The Morgan fingerprint density at radius 3 is 2.56 bits per heavy atom. The number of anilines is 1. The van der Waals surface area contributed by atoms with Crippen LogP contribution in [-0.4, -0.2) is 48.7 Å². The third kappa shape index (κ3) is 7.13. The minimum Gasteiger partial charge on any atom is -0.444 e. The zero-order valence-corrected chi connectivity index (χ0v) is 15.4. The van der Waals surface area contributed by atoms with E-state index in [2.05, 4.69) is 15.5 Å². The van der Waals surface area contributed by atoms with Crippen LogP contribution in [0.5, 0.6) is 0 Å². The lowest BCUT2D eigenvalue weighted by molar-refractivity contribution is 0.0635. The second-order valence-electron chi connectivity index (χ2n) is 7.37. The summed E-state index contributed by atoms with van der Waals surface area (Å²) in [5.74, 6) is -0.134. The van der Waals surface area contributed by atoms with Crippen molar-refractivity contribution in [2.75, 3.05) is 31.5 Å². The van der Waals surface area contributed by atoms with Gasteiger partial charge in [0, 0.05) is 24.3 Å². The second-order valence-corrected chi connectivity index (χ2v) is 7.37. The first-order chi connectivity index (χ1) is 11.8. The highest BCUT2D eigenvalue weighted by Gasteiger charge is 2.16. The van der Waals surface area contributed by atoms with E-state index in [1.807, 2.05) is 0 Å². The molecule has 1 aromatic carbocycles. The molecule has 0 saturated carbocycles. The van der Waals surface area contributed by atoms with E-state index in [-0.39, 0.29) is 5.91 Å². The Morgan fingerprint density at radius 2 is 1.88 bits per heavy atom. The minimum absolute atomic E-state index is 0.134. The van der Waals surface area contributed by atoms with E-state index in [1.165, 1.54) is 19.3 Å². The molecule has 0 unspecified atom stereocenters. The summed E-state index contributed by atoms with van der Waals surface area (Å²) in [4.78, 5) is 26.5. The van der Waals surface area contributed by atoms with E-state index < -0.39 is 11.7 Å². The lowest BCUT2D eigenvalue weighted by Crippen LogP contribution is -2.37. The monoisotopic (exact) mass is 347 g/mol.